The largest absolute Gasteiger partial charge is 0.537 e. The van der Waals surface area contributed by atoms with Crippen LogP contribution in [0.2, 0.25) is 0 Å². The molecule has 0 saturated carbocycles. The smallest absolute Gasteiger partial charge is 0.455 e. The summed E-state index contributed by atoms with van der Waals surface area (Å²) in [5.74, 6) is 0. The van der Waals surface area contributed by atoms with E-state index in [2.05, 4.69) is 0 Å². The summed E-state index contributed by atoms with van der Waals surface area (Å²) in [6.45, 7) is 7.43. The van der Waals surface area contributed by atoms with Crippen LogP contribution < -0.4 is 5.19 Å². The molecule has 1 aliphatic rings. The van der Waals surface area contributed by atoms with Crippen LogP contribution in [-0.2, 0) is 22.8 Å². The first kappa shape index (κ1) is 16.0. The fourth-order valence-electron chi connectivity index (χ4n) is 2.22. The quantitative estimate of drug-likeness (QED) is 0.690. The van der Waals surface area contributed by atoms with E-state index in [1.54, 1.807) is 0 Å². The summed E-state index contributed by atoms with van der Waals surface area (Å²) >= 11 is 0. The third-order valence-electron chi connectivity index (χ3n) is 2.98. The molecule has 116 valence electrons. The Bertz CT molecular complexity index is 452. The van der Waals surface area contributed by atoms with Gasteiger partial charge in [-0.25, -0.2) is 0 Å². The Morgan fingerprint density at radius 1 is 0.952 bits per heavy atom. The summed E-state index contributed by atoms with van der Waals surface area (Å²) in [4.78, 5) is 0. The molecule has 0 aliphatic carbocycles. The van der Waals surface area contributed by atoms with Gasteiger partial charge in [0.05, 0.1) is 0 Å². The van der Waals surface area contributed by atoms with Gasteiger partial charge >= 0.3 is 8.80 Å². The molecule has 0 radical (unpaired) electrons. The Morgan fingerprint density at radius 2 is 1.52 bits per heavy atom. The van der Waals surface area contributed by atoms with Crippen molar-refractivity contribution >= 4 is 14.0 Å². The molecule has 0 fully saturated rings. The molecule has 1 aromatic carbocycles. The molecule has 0 amide bonds. The summed E-state index contributed by atoms with van der Waals surface area (Å²) in [5.41, 5.74) is 0.911. The minimum absolute atomic E-state index is 0.415. The molecule has 21 heavy (non-hydrogen) atoms. The van der Waals surface area contributed by atoms with Crippen LogP contribution in [0.4, 0.5) is 0 Å². The van der Waals surface area contributed by atoms with Crippen molar-refractivity contribution in [3.63, 3.8) is 0 Å². The molecule has 1 aromatic rings. The molecular formula is C15H22O5Si. The molecule has 0 aromatic heterocycles. The highest BCUT2D eigenvalue weighted by Crippen LogP contribution is 2.24. The minimum atomic E-state index is -2.89. The molecule has 0 atom stereocenters. The van der Waals surface area contributed by atoms with Crippen molar-refractivity contribution in [2.75, 3.05) is 19.8 Å². The van der Waals surface area contributed by atoms with E-state index < -0.39 is 15.1 Å². The molecule has 5 nitrogen and oxygen atoms in total. The van der Waals surface area contributed by atoms with Gasteiger partial charge in [-0.3, -0.25) is 0 Å². The maximum Gasteiger partial charge on any atom is 0.537 e. The third-order valence-corrected chi connectivity index (χ3v) is 6.00. The number of benzene rings is 1. The van der Waals surface area contributed by atoms with Crippen molar-refractivity contribution in [2.24, 2.45) is 0 Å². The zero-order valence-electron chi connectivity index (χ0n) is 12.7. The van der Waals surface area contributed by atoms with E-state index in [1.807, 2.05) is 45.0 Å². The van der Waals surface area contributed by atoms with E-state index in [0.29, 0.717) is 19.8 Å². The van der Waals surface area contributed by atoms with Gasteiger partial charge in [0.2, 0.25) is 0 Å². The highest BCUT2D eigenvalue weighted by atomic mass is 28.4. The van der Waals surface area contributed by atoms with Crippen molar-refractivity contribution in [1.29, 1.82) is 0 Å². The lowest BCUT2D eigenvalue weighted by Crippen LogP contribution is -2.57. The number of ether oxygens (including phenoxy) is 2. The summed E-state index contributed by atoms with van der Waals surface area (Å²) in [6, 6.07) is 7.84. The fraction of sp³-hybridized carbons (Fsp3) is 0.467. The first-order chi connectivity index (χ1) is 10.3. The van der Waals surface area contributed by atoms with Crippen molar-refractivity contribution < 1.29 is 22.8 Å². The SMILES string of the molecule is CCO[Si](OCC)(OCC)c1cccc(C2OC=CO2)c1. The Labute approximate surface area is 126 Å². The fourth-order valence-corrected chi connectivity index (χ4v) is 4.75. The second-order valence-corrected chi connectivity index (χ2v) is 6.91. The second kappa shape index (κ2) is 7.60. The maximum absolute atomic E-state index is 5.91. The normalized spacial score (nSPS) is 15.0. The summed E-state index contributed by atoms with van der Waals surface area (Å²) < 4.78 is 28.5. The van der Waals surface area contributed by atoms with Crippen LogP contribution in [0, 0.1) is 0 Å². The lowest BCUT2D eigenvalue weighted by Gasteiger charge is -2.29. The standard InChI is InChI=1S/C15H22O5Si/c1-4-18-21(19-5-2,20-6-3)14-9-7-8-13(12-14)15-16-10-11-17-15/h7-12,15H,4-6H2,1-3H3. The third kappa shape index (κ3) is 3.65. The highest BCUT2D eigenvalue weighted by molar-refractivity contribution is 6.75. The predicted molar refractivity (Wildman–Crippen MR) is 80.8 cm³/mol. The summed E-state index contributed by atoms with van der Waals surface area (Å²) in [7, 11) is -2.89. The van der Waals surface area contributed by atoms with Gasteiger partial charge in [0.25, 0.3) is 6.29 Å². The van der Waals surface area contributed by atoms with Crippen molar-refractivity contribution in [1.82, 2.24) is 0 Å². The monoisotopic (exact) mass is 310 g/mol. The van der Waals surface area contributed by atoms with Crippen LogP contribution in [0.3, 0.4) is 0 Å². The van der Waals surface area contributed by atoms with Gasteiger partial charge in [-0.15, -0.1) is 0 Å². The molecule has 1 aliphatic heterocycles. The van der Waals surface area contributed by atoms with Gasteiger partial charge in [-0.2, -0.15) is 0 Å². The first-order valence-corrected chi connectivity index (χ1v) is 8.96. The van der Waals surface area contributed by atoms with Crippen LogP contribution in [0.15, 0.2) is 36.8 Å². The van der Waals surface area contributed by atoms with E-state index in [0.717, 1.165) is 10.8 Å². The van der Waals surface area contributed by atoms with E-state index in [9.17, 15) is 0 Å². The molecule has 0 spiro atoms. The number of hydrogen-bond donors (Lipinski definition) is 0. The van der Waals surface area contributed by atoms with Crippen molar-refractivity contribution in [3.8, 4) is 0 Å². The number of hydrogen-bond acceptors (Lipinski definition) is 5. The highest BCUT2D eigenvalue weighted by Gasteiger charge is 2.43. The van der Waals surface area contributed by atoms with Crippen LogP contribution >= 0.6 is 0 Å². The summed E-state index contributed by atoms with van der Waals surface area (Å²) in [5, 5.41) is 0.921. The predicted octanol–water partition coefficient (Wildman–Crippen LogP) is 2.46. The zero-order chi connectivity index (χ0) is 15.1. The van der Waals surface area contributed by atoms with Crippen LogP contribution in [-0.4, -0.2) is 28.6 Å². The summed E-state index contributed by atoms with van der Waals surface area (Å²) in [6.07, 6.45) is 2.66. The topological polar surface area (TPSA) is 46.2 Å². The molecule has 0 bridgehead atoms. The molecule has 0 unspecified atom stereocenters. The van der Waals surface area contributed by atoms with Crippen molar-refractivity contribution in [2.45, 2.75) is 27.1 Å². The van der Waals surface area contributed by atoms with Crippen molar-refractivity contribution in [3.05, 3.63) is 42.4 Å². The van der Waals surface area contributed by atoms with Crippen LogP contribution in [0.1, 0.15) is 32.6 Å². The van der Waals surface area contributed by atoms with E-state index in [1.165, 1.54) is 12.5 Å². The van der Waals surface area contributed by atoms with E-state index >= 15 is 0 Å². The Morgan fingerprint density at radius 3 is 2.05 bits per heavy atom. The molecule has 6 heteroatoms. The van der Waals surface area contributed by atoms with Gasteiger partial charge in [0.1, 0.15) is 12.5 Å². The molecule has 1 heterocycles. The van der Waals surface area contributed by atoms with Gasteiger partial charge in [0, 0.05) is 30.6 Å². The molecule has 2 rings (SSSR count). The van der Waals surface area contributed by atoms with E-state index in [4.69, 9.17) is 22.8 Å². The van der Waals surface area contributed by atoms with Gasteiger partial charge in [0.15, 0.2) is 0 Å². The van der Waals surface area contributed by atoms with Crippen LogP contribution in [0.25, 0.3) is 0 Å². The Balaban J connectivity index is 2.31. The van der Waals surface area contributed by atoms with Gasteiger partial charge < -0.3 is 22.8 Å². The van der Waals surface area contributed by atoms with Gasteiger partial charge in [-0.05, 0) is 26.8 Å². The zero-order valence-corrected chi connectivity index (χ0v) is 13.7. The number of rotatable bonds is 8. The van der Waals surface area contributed by atoms with Crippen LogP contribution in [0.5, 0.6) is 0 Å². The van der Waals surface area contributed by atoms with Gasteiger partial charge in [-0.1, -0.05) is 18.2 Å². The second-order valence-electron chi connectivity index (χ2n) is 4.36. The Kier molecular flexibility index (Phi) is 5.81. The molecule has 0 N–H and O–H groups in total. The maximum atomic E-state index is 5.91. The lowest BCUT2D eigenvalue weighted by molar-refractivity contribution is -0.0245. The van der Waals surface area contributed by atoms with E-state index in [-0.39, 0.29) is 0 Å². The molecule has 0 saturated heterocycles. The minimum Gasteiger partial charge on any atom is -0.455 e. The average Bonchev–Trinajstić information content (AvgIpc) is 3.02. The average molecular weight is 310 g/mol. The first-order valence-electron chi connectivity index (χ1n) is 7.24. The molecular weight excluding hydrogens is 288 g/mol. The Hall–Kier alpha value is -1.34. The lowest BCUT2D eigenvalue weighted by atomic mass is 10.2.